The van der Waals surface area contributed by atoms with Gasteiger partial charge in [-0.25, -0.2) is 0 Å². The van der Waals surface area contributed by atoms with Gasteiger partial charge in [-0.05, 0) is 31.0 Å². The van der Waals surface area contributed by atoms with Gasteiger partial charge < -0.3 is 10.1 Å². The summed E-state index contributed by atoms with van der Waals surface area (Å²) in [5, 5.41) is 10.6. The number of nitrogens with zero attached hydrogens (tertiary/aromatic N) is 4. The van der Waals surface area contributed by atoms with Crippen molar-refractivity contribution in [1.29, 1.82) is 0 Å². The molecule has 8 nitrogen and oxygen atoms in total. The number of H-pyrrole nitrogens is 1. The molecule has 0 aliphatic carbocycles. The summed E-state index contributed by atoms with van der Waals surface area (Å²) in [6, 6.07) is 3.86. The molecular weight excluding hydrogens is 368 g/mol. The van der Waals surface area contributed by atoms with Gasteiger partial charge in [0.1, 0.15) is 0 Å². The molecule has 8 heteroatoms. The van der Waals surface area contributed by atoms with Crippen molar-refractivity contribution in [1.82, 2.24) is 30.3 Å². The SMILES string of the molecule is O=C(CN1CCC[C@H](c2[nH]ncc2CN2CCOCC2)C1)NCc1cccnc1. The van der Waals surface area contributed by atoms with Crippen LogP contribution in [0.15, 0.2) is 30.7 Å². The summed E-state index contributed by atoms with van der Waals surface area (Å²) < 4.78 is 5.45. The van der Waals surface area contributed by atoms with Gasteiger partial charge in [0, 0.05) is 62.3 Å². The zero-order chi connectivity index (χ0) is 19.9. The summed E-state index contributed by atoms with van der Waals surface area (Å²) in [5.74, 6) is 0.459. The Hall–Kier alpha value is -2.29. The summed E-state index contributed by atoms with van der Waals surface area (Å²) in [6.45, 7) is 7.27. The van der Waals surface area contributed by atoms with E-state index in [2.05, 4.69) is 30.3 Å². The lowest BCUT2D eigenvalue weighted by atomic mass is 9.92. The van der Waals surface area contributed by atoms with Crippen LogP contribution < -0.4 is 5.32 Å². The first kappa shape index (κ1) is 20.0. The molecule has 2 aromatic rings. The molecule has 1 amide bonds. The number of hydrogen-bond acceptors (Lipinski definition) is 6. The molecule has 0 unspecified atom stereocenters. The highest BCUT2D eigenvalue weighted by Gasteiger charge is 2.26. The van der Waals surface area contributed by atoms with Gasteiger partial charge in [-0.3, -0.25) is 24.7 Å². The fraction of sp³-hybridized carbons (Fsp3) is 0.571. The van der Waals surface area contributed by atoms with Crippen molar-refractivity contribution in [3.8, 4) is 0 Å². The summed E-state index contributed by atoms with van der Waals surface area (Å²) in [7, 11) is 0. The quantitative estimate of drug-likeness (QED) is 0.727. The third-order valence-corrected chi connectivity index (χ3v) is 5.74. The van der Waals surface area contributed by atoms with Crippen molar-refractivity contribution in [3.05, 3.63) is 47.5 Å². The monoisotopic (exact) mass is 398 g/mol. The Morgan fingerprint density at radius 3 is 2.97 bits per heavy atom. The number of amides is 1. The predicted molar refractivity (Wildman–Crippen MR) is 109 cm³/mol. The van der Waals surface area contributed by atoms with Crippen LogP contribution in [-0.4, -0.2) is 76.8 Å². The molecule has 0 saturated carbocycles. The summed E-state index contributed by atoms with van der Waals surface area (Å²) in [5.41, 5.74) is 3.53. The molecular formula is C21H30N6O2. The van der Waals surface area contributed by atoms with E-state index in [0.29, 0.717) is 19.0 Å². The number of likely N-dealkylation sites (tertiary alicyclic amines) is 1. The number of piperidine rings is 1. The number of nitrogens with one attached hydrogen (secondary N) is 2. The van der Waals surface area contributed by atoms with Crippen LogP contribution in [-0.2, 0) is 22.6 Å². The Labute approximate surface area is 171 Å². The fourth-order valence-corrected chi connectivity index (χ4v) is 4.20. The highest BCUT2D eigenvalue weighted by molar-refractivity contribution is 5.78. The van der Waals surface area contributed by atoms with E-state index in [4.69, 9.17) is 4.74 Å². The van der Waals surface area contributed by atoms with Crippen molar-refractivity contribution in [3.63, 3.8) is 0 Å². The molecule has 2 N–H and O–H groups in total. The highest BCUT2D eigenvalue weighted by Crippen LogP contribution is 2.28. The number of aromatic nitrogens is 3. The first-order valence-corrected chi connectivity index (χ1v) is 10.5. The Balaban J connectivity index is 1.29. The summed E-state index contributed by atoms with van der Waals surface area (Å²) >= 11 is 0. The number of morpholine rings is 1. The van der Waals surface area contributed by atoms with E-state index in [9.17, 15) is 4.79 Å². The third-order valence-electron chi connectivity index (χ3n) is 5.74. The molecule has 0 aromatic carbocycles. The van der Waals surface area contributed by atoms with Crippen LogP contribution in [0.25, 0.3) is 0 Å². The standard InChI is InChI=1S/C21H30N6O2/c28-20(23-12-17-3-1-5-22-11-17)16-27-6-2-4-18(14-27)21-19(13-24-25-21)15-26-7-9-29-10-8-26/h1,3,5,11,13,18H,2,4,6-10,12,14-16H2,(H,23,28)(H,24,25)/t18-/m0/s1. The number of pyridine rings is 1. The molecule has 1 atom stereocenters. The van der Waals surface area contributed by atoms with Gasteiger partial charge in [0.2, 0.25) is 5.91 Å². The van der Waals surface area contributed by atoms with E-state index in [1.165, 1.54) is 11.3 Å². The fourth-order valence-electron chi connectivity index (χ4n) is 4.20. The number of rotatable bonds is 7. The first-order chi connectivity index (χ1) is 14.3. The summed E-state index contributed by atoms with van der Waals surface area (Å²) in [4.78, 5) is 21.2. The smallest absolute Gasteiger partial charge is 0.234 e. The number of ether oxygens (including phenoxy) is 1. The maximum atomic E-state index is 12.4. The topological polar surface area (TPSA) is 86.4 Å². The maximum absolute atomic E-state index is 12.4. The molecule has 4 heterocycles. The van der Waals surface area contributed by atoms with Crippen molar-refractivity contribution >= 4 is 5.91 Å². The van der Waals surface area contributed by atoms with E-state index in [1.807, 2.05) is 18.3 Å². The van der Waals surface area contributed by atoms with Crippen molar-refractivity contribution < 1.29 is 9.53 Å². The molecule has 2 saturated heterocycles. The van der Waals surface area contributed by atoms with Gasteiger partial charge in [-0.1, -0.05) is 6.07 Å². The molecule has 0 radical (unpaired) electrons. The molecule has 2 aromatic heterocycles. The normalized spacial score (nSPS) is 21.2. The third kappa shape index (κ3) is 5.62. The number of carbonyl (C=O) groups is 1. The minimum absolute atomic E-state index is 0.0626. The number of hydrogen-bond donors (Lipinski definition) is 2. The number of carbonyl (C=O) groups excluding carboxylic acids is 1. The predicted octanol–water partition coefficient (Wildman–Crippen LogP) is 1.13. The van der Waals surface area contributed by atoms with Gasteiger partial charge >= 0.3 is 0 Å². The van der Waals surface area contributed by atoms with Crippen molar-refractivity contribution in [2.24, 2.45) is 0 Å². The Morgan fingerprint density at radius 2 is 2.14 bits per heavy atom. The Bertz CT molecular complexity index is 774. The minimum Gasteiger partial charge on any atom is -0.379 e. The largest absolute Gasteiger partial charge is 0.379 e. The second-order valence-corrected chi connectivity index (χ2v) is 7.91. The molecule has 29 heavy (non-hydrogen) atoms. The molecule has 2 aliphatic rings. The second kappa shape index (κ2) is 9.96. The molecule has 0 bridgehead atoms. The van der Waals surface area contributed by atoms with E-state index in [1.54, 1.807) is 12.4 Å². The molecule has 4 rings (SSSR count). The molecule has 0 spiro atoms. The Kier molecular flexibility index (Phi) is 6.87. The maximum Gasteiger partial charge on any atom is 0.234 e. The van der Waals surface area contributed by atoms with Crippen LogP contribution in [0.3, 0.4) is 0 Å². The second-order valence-electron chi connectivity index (χ2n) is 7.91. The van der Waals surface area contributed by atoms with Crippen LogP contribution in [0.1, 0.15) is 35.6 Å². The lowest BCUT2D eigenvalue weighted by Crippen LogP contribution is -2.42. The van der Waals surface area contributed by atoms with Crippen molar-refractivity contribution in [2.75, 3.05) is 45.9 Å². The van der Waals surface area contributed by atoms with Gasteiger partial charge in [0.15, 0.2) is 0 Å². The summed E-state index contributed by atoms with van der Waals surface area (Å²) in [6.07, 6.45) is 7.71. The zero-order valence-corrected chi connectivity index (χ0v) is 16.8. The lowest BCUT2D eigenvalue weighted by molar-refractivity contribution is -0.122. The molecule has 156 valence electrons. The lowest BCUT2D eigenvalue weighted by Gasteiger charge is -2.33. The van der Waals surface area contributed by atoms with Gasteiger partial charge in [0.25, 0.3) is 0 Å². The van der Waals surface area contributed by atoms with Gasteiger partial charge in [-0.15, -0.1) is 0 Å². The van der Waals surface area contributed by atoms with Crippen LogP contribution >= 0.6 is 0 Å². The van der Waals surface area contributed by atoms with E-state index < -0.39 is 0 Å². The number of aromatic amines is 1. The minimum atomic E-state index is 0.0626. The highest BCUT2D eigenvalue weighted by atomic mass is 16.5. The van der Waals surface area contributed by atoms with Crippen LogP contribution in [0.5, 0.6) is 0 Å². The van der Waals surface area contributed by atoms with Crippen LogP contribution in [0.4, 0.5) is 0 Å². The van der Waals surface area contributed by atoms with Gasteiger partial charge in [0.05, 0.1) is 26.0 Å². The average molecular weight is 399 g/mol. The van der Waals surface area contributed by atoms with E-state index >= 15 is 0 Å². The Morgan fingerprint density at radius 1 is 1.24 bits per heavy atom. The van der Waals surface area contributed by atoms with Crippen molar-refractivity contribution in [2.45, 2.75) is 31.8 Å². The van der Waals surface area contributed by atoms with E-state index in [-0.39, 0.29) is 5.91 Å². The first-order valence-electron chi connectivity index (χ1n) is 10.5. The zero-order valence-electron chi connectivity index (χ0n) is 16.8. The van der Waals surface area contributed by atoms with Gasteiger partial charge in [-0.2, -0.15) is 5.10 Å². The molecule has 2 fully saturated rings. The molecule has 2 aliphatic heterocycles. The average Bonchev–Trinajstić information content (AvgIpc) is 3.22. The van der Waals surface area contributed by atoms with E-state index in [0.717, 1.165) is 64.3 Å². The van der Waals surface area contributed by atoms with Crippen LogP contribution in [0.2, 0.25) is 0 Å². The van der Waals surface area contributed by atoms with Crippen LogP contribution in [0, 0.1) is 0 Å².